The summed E-state index contributed by atoms with van der Waals surface area (Å²) in [6.45, 7) is 12.2. The number of nitrogens with one attached hydrogen (secondary N) is 3. The third kappa shape index (κ3) is 12.6. The van der Waals surface area contributed by atoms with Crippen molar-refractivity contribution in [1.82, 2.24) is 20.9 Å². The molecule has 0 spiro atoms. The van der Waals surface area contributed by atoms with Gasteiger partial charge in [-0.05, 0) is 60.7 Å². The Balaban J connectivity index is 0. The summed E-state index contributed by atoms with van der Waals surface area (Å²) in [4.78, 5) is 18.6. The Kier molecular flexibility index (Phi) is 14.2. The highest BCUT2D eigenvalue weighted by Crippen LogP contribution is 2.16. The van der Waals surface area contributed by atoms with Crippen molar-refractivity contribution in [3.8, 4) is 0 Å². The van der Waals surface area contributed by atoms with Crippen LogP contribution < -0.4 is 16.0 Å². The Morgan fingerprint density at radius 3 is 2.12 bits per heavy atom. The molecule has 0 aromatic carbocycles. The van der Waals surface area contributed by atoms with E-state index in [4.69, 9.17) is 4.74 Å². The first kappa shape index (κ1) is 27.4. The molecular formula is C18H40IN5O2. The Hall–Kier alpha value is -0.770. The molecular weight excluding hydrogens is 445 g/mol. The van der Waals surface area contributed by atoms with Crippen molar-refractivity contribution in [2.45, 2.75) is 65.0 Å². The van der Waals surface area contributed by atoms with E-state index in [1.807, 2.05) is 20.8 Å². The molecule has 0 bridgehead atoms. The van der Waals surface area contributed by atoms with E-state index >= 15 is 0 Å². The van der Waals surface area contributed by atoms with E-state index in [-0.39, 0.29) is 35.6 Å². The standard InChI is InChI=1S/C18H39N5O2.HI/c1-9-18(10-2,22-16(24)25-17(3,4)5)14-21-15(19-6)20-12-11-13-23(7)8;/h9-14H2,1-8H3,(H,22,24)(H2,19,20,21);1H. The zero-order chi connectivity index (χ0) is 19.5. The van der Waals surface area contributed by atoms with Gasteiger partial charge in [0.05, 0.1) is 5.54 Å². The van der Waals surface area contributed by atoms with Crippen LogP contribution >= 0.6 is 24.0 Å². The van der Waals surface area contributed by atoms with Crippen LogP contribution in [0.15, 0.2) is 4.99 Å². The van der Waals surface area contributed by atoms with Crippen LogP contribution in [0.5, 0.6) is 0 Å². The van der Waals surface area contributed by atoms with Crippen molar-refractivity contribution in [3.05, 3.63) is 0 Å². The summed E-state index contributed by atoms with van der Waals surface area (Å²) in [7, 11) is 5.88. The summed E-state index contributed by atoms with van der Waals surface area (Å²) in [6, 6.07) is 0. The molecule has 0 aliphatic carbocycles. The fraction of sp³-hybridized carbons (Fsp3) is 0.889. The van der Waals surface area contributed by atoms with E-state index in [1.165, 1.54) is 0 Å². The van der Waals surface area contributed by atoms with E-state index in [0.717, 1.165) is 38.3 Å². The molecule has 0 fully saturated rings. The molecule has 0 atom stereocenters. The zero-order valence-electron chi connectivity index (χ0n) is 17.9. The monoisotopic (exact) mass is 485 g/mol. The SMILES string of the molecule is CCC(CC)(CNC(=NC)NCCCN(C)C)NC(=O)OC(C)(C)C.I. The first-order valence-electron chi connectivity index (χ1n) is 9.18. The van der Waals surface area contributed by atoms with Crippen molar-refractivity contribution in [2.24, 2.45) is 4.99 Å². The van der Waals surface area contributed by atoms with E-state index in [2.05, 4.69) is 53.8 Å². The lowest BCUT2D eigenvalue weighted by Gasteiger charge is -2.34. The average molecular weight is 485 g/mol. The summed E-state index contributed by atoms with van der Waals surface area (Å²) in [5.41, 5.74) is -0.877. The fourth-order valence-electron chi connectivity index (χ4n) is 2.32. The van der Waals surface area contributed by atoms with Crippen LogP contribution in [0, 0.1) is 0 Å². The van der Waals surface area contributed by atoms with Gasteiger partial charge in [-0.25, -0.2) is 4.79 Å². The number of rotatable bonds is 9. The van der Waals surface area contributed by atoms with Gasteiger partial charge in [-0.15, -0.1) is 24.0 Å². The highest BCUT2D eigenvalue weighted by Gasteiger charge is 2.30. The predicted octanol–water partition coefficient (Wildman–Crippen LogP) is 2.80. The molecule has 7 nitrogen and oxygen atoms in total. The summed E-state index contributed by atoms with van der Waals surface area (Å²) in [6.07, 6.45) is 2.25. The molecule has 0 radical (unpaired) electrons. The van der Waals surface area contributed by atoms with Crippen molar-refractivity contribution < 1.29 is 9.53 Å². The van der Waals surface area contributed by atoms with Crippen LogP contribution in [-0.2, 0) is 4.74 Å². The van der Waals surface area contributed by atoms with Gasteiger partial charge in [0.1, 0.15) is 5.60 Å². The van der Waals surface area contributed by atoms with Crippen molar-refractivity contribution in [2.75, 3.05) is 40.8 Å². The average Bonchev–Trinajstić information content (AvgIpc) is 2.50. The molecule has 0 saturated carbocycles. The molecule has 156 valence electrons. The van der Waals surface area contributed by atoms with E-state index in [0.29, 0.717) is 6.54 Å². The molecule has 0 aliphatic rings. The van der Waals surface area contributed by atoms with Gasteiger partial charge in [0.25, 0.3) is 0 Å². The van der Waals surface area contributed by atoms with Crippen molar-refractivity contribution in [1.29, 1.82) is 0 Å². The predicted molar refractivity (Wildman–Crippen MR) is 121 cm³/mol. The summed E-state index contributed by atoms with van der Waals surface area (Å²) < 4.78 is 5.40. The van der Waals surface area contributed by atoms with Crippen LogP contribution in [0.3, 0.4) is 0 Å². The molecule has 0 unspecified atom stereocenters. The number of aliphatic imine (C=N–C) groups is 1. The summed E-state index contributed by atoms with van der Waals surface area (Å²) >= 11 is 0. The number of alkyl carbamates (subject to hydrolysis) is 1. The minimum Gasteiger partial charge on any atom is -0.444 e. The maximum absolute atomic E-state index is 12.2. The largest absolute Gasteiger partial charge is 0.444 e. The molecule has 0 rings (SSSR count). The van der Waals surface area contributed by atoms with Gasteiger partial charge in [0.2, 0.25) is 0 Å². The van der Waals surface area contributed by atoms with Crippen molar-refractivity contribution in [3.63, 3.8) is 0 Å². The first-order valence-corrected chi connectivity index (χ1v) is 9.18. The van der Waals surface area contributed by atoms with Crippen LogP contribution in [0.4, 0.5) is 4.79 Å². The maximum Gasteiger partial charge on any atom is 0.408 e. The zero-order valence-corrected chi connectivity index (χ0v) is 20.2. The number of guanidine groups is 1. The van der Waals surface area contributed by atoms with Gasteiger partial charge in [0, 0.05) is 20.1 Å². The van der Waals surface area contributed by atoms with Crippen LogP contribution in [-0.4, -0.2) is 68.9 Å². The Morgan fingerprint density at radius 2 is 1.69 bits per heavy atom. The second kappa shape index (κ2) is 13.4. The number of halogens is 1. The number of hydrogen-bond acceptors (Lipinski definition) is 4. The topological polar surface area (TPSA) is 78.0 Å². The van der Waals surface area contributed by atoms with Crippen LogP contribution in [0.2, 0.25) is 0 Å². The third-order valence-corrected chi connectivity index (χ3v) is 4.01. The molecule has 0 heterocycles. The number of carbonyl (C=O) groups is 1. The molecule has 0 aromatic rings. The van der Waals surface area contributed by atoms with E-state index < -0.39 is 5.60 Å². The smallest absolute Gasteiger partial charge is 0.408 e. The first-order chi connectivity index (χ1) is 11.6. The number of ether oxygens (including phenoxy) is 1. The lowest BCUT2D eigenvalue weighted by molar-refractivity contribution is 0.0448. The minimum atomic E-state index is -0.505. The number of carbonyl (C=O) groups excluding carboxylic acids is 1. The third-order valence-electron chi connectivity index (χ3n) is 4.01. The van der Waals surface area contributed by atoms with E-state index in [9.17, 15) is 4.79 Å². The Morgan fingerprint density at radius 1 is 1.12 bits per heavy atom. The van der Waals surface area contributed by atoms with Crippen LogP contribution in [0.1, 0.15) is 53.9 Å². The Bertz CT molecular complexity index is 418. The highest BCUT2D eigenvalue weighted by molar-refractivity contribution is 14.0. The normalized spacial score (nSPS) is 12.4. The maximum atomic E-state index is 12.2. The second-order valence-electron chi connectivity index (χ2n) is 7.62. The molecule has 8 heteroatoms. The van der Waals surface area contributed by atoms with Crippen LogP contribution in [0.25, 0.3) is 0 Å². The van der Waals surface area contributed by atoms with Gasteiger partial charge in [-0.3, -0.25) is 4.99 Å². The number of amides is 1. The molecule has 26 heavy (non-hydrogen) atoms. The van der Waals surface area contributed by atoms with Gasteiger partial charge in [0.15, 0.2) is 5.96 Å². The molecule has 0 aliphatic heterocycles. The fourth-order valence-corrected chi connectivity index (χ4v) is 2.32. The molecule has 3 N–H and O–H groups in total. The number of nitrogens with zero attached hydrogens (tertiary/aromatic N) is 2. The van der Waals surface area contributed by atoms with Crippen molar-refractivity contribution >= 4 is 36.0 Å². The molecule has 0 aromatic heterocycles. The van der Waals surface area contributed by atoms with Gasteiger partial charge in [-0.2, -0.15) is 0 Å². The Labute approximate surface area is 177 Å². The molecule has 1 amide bonds. The second-order valence-corrected chi connectivity index (χ2v) is 7.62. The highest BCUT2D eigenvalue weighted by atomic mass is 127. The van der Waals surface area contributed by atoms with E-state index in [1.54, 1.807) is 7.05 Å². The lowest BCUT2D eigenvalue weighted by Crippen LogP contribution is -2.57. The summed E-state index contributed by atoms with van der Waals surface area (Å²) in [5.74, 6) is 0.746. The number of hydrogen-bond donors (Lipinski definition) is 3. The summed E-state index contributed by atoms with van der Waals surface area (Å²) in [5, 5.41) is 9.66. The lowest BCUT2D eigenvalue weighted by atomic mass is 9.93. The quantitative estimate of drug-likeness (QED) is 0.203. The van der Waals surface area contributed by atoms with Gasteiger partial charge < -0.3 is 25.6 Å². The minimum absolute atomic E-state index is 0. The van der Waals surface area contributed by atoms with Gasteiger partial charge >= 0.3 is 6.09 Å². The molecule has 0 saturated heterocycles. The van der Waals surface area contributed by atoms with Gasteiger partial charge in [-0.1, -0.05) is 13.8 Å².